The minimum Gasteiger partial charge on any atom is -0.495 e. The van der Waals surface area contributed by atoms with E-state index in [1.165, 1.54) is 11.3 Å². The molecule has 0 unspecified atom stereocenters. The number of carbonyl (C=O) groups is 1. The molecule has 0 saturated heterocycles. The Morgan fingerprint density at radius 2 is 1.73 bits per heavy atom. The summed E-state index contributed by atoms with van der Waals surface area (Å²) in [5.74, 6) is 1.43. The fourth-order valence-electron chi connectivity index (χ4n) is 3.27. The van der Waals surface area contributed by atoms with E-state index in [9.17, 15) is 4.79 Å². The normalized spacial score (nSPS) is 11.2. The number of methoxy groups -OCH3 is 2. The molecular weight excluding hydrogens is 398 g/mol. The predicted molar refractivity (Wildman–Crippen MR) is 123 cm³/mol. The minimum absolute atomic E-state index is 0.0301. The molecule has 0 N–H and O–H groups in total. The first kappa shape index (κ1) is 22.1. The number of fused-ring (bicyclic) bond motifs is 1. The molecule has 1 aromatic heterocycles. The largest absolute Gasteiger partial charge is 0.495 e. The van der Waals surface area contributed by atoms with Gasteiger partial charge in [-0.3, -0.25) is 9.69 Å². The molecule has 6 nitrogen and oxygen atoms in total. The van der Waals surface area contributed by atoms with E-state index in [-0.39, 0.29) is 5.91 Å². The van der Waals surface area contributed by atoms with Gasteiger partial charge in [0.15, 0.2) is 5.13 Å². The highest BCUT2D eigenvalue weighted by molar-refractivity contribution is 7.22. The molecule has 30 heavy (non-hydrogen) atoms. The number of ether oxygens (including phenoxy) is 2. The molecule has 1 amide bonds. The van der Waals surface area contributed by atoms with E-state index in [1.54, 1.807) is 19.1 Å². The van der Waals surface area contributed by atoms with Gasteiger partial charge in [0.1, 0.15) is 21.7 Å². The van der Waals surface area contributed by atoms with Crippen LogP contribution in [0.4, 0.5) is 5.13 Å². The molecule has 0 saturated carbocycles. The summed E-state index contributed by atoms with van der Waals surface area (Å²) >= 11 is 1.45. The molecule has 1 heterocycles. The van der Waals surface area contributed by atoms with Crippen LogP contribution in [0.2, 0.25) is 0 Å². The average molecular weight is 428 g/mol. The Hall–Kier alpha value is -2.64. The van der Waals surface area contributed by atoms with E-state index in [1.807, 2.05) is 40.1 Å². The predicted octanol–water partition coefficient (Wildman–Crippen LogP) is 4.07. The Labute approximate surface area is 182 Å². The van der Waals surface area contributed by atoms with Crippen LogP contribution in [-0.4, -0.2) is 57.2 Å². The quantitative estimate of drug-likeness (QED) is 0.542. The van der Waals surface area contributed by atoms with Gasteiger partial charge in [0.25, 0.3) is 0 Å². The summed E-state index contributed by atoms with van der Waals surface area (Å²) in [6.07, 6.45) is 0.338. The highest BCUT2D eigenvalue weighted by Gasteiger charge is 2.23. The molecule has 0 spiro atoms. The van der Waals surface area contributed by atoms with Crippen molar-refractivity contribution in [1.82, 2.24) is 9.88 Å². The number of aromatic nitrogens is 1. The summed E-state index contributed by atoms with van der Waals surface area (Å²) in [4.78, 5) is 22.0. The third kappa shape index (κ3) is 4.74. The number of nitrogens with zero attached hydrogens (tertiary/aromatic N) is 3. The van der Waals surface area contributed by atoms with Crippen LogP contribution in [0.1, 0.15) is 16.7 Å². The summed E-state index contributed by atoms with van der Waals surface area (Å²) in [6, 6.07) is 9.93. The summed E-state index contributed by atoms with van der Waals surface area (Å²) in [7, 11) is 7.25. The van der Waals surface area contributed by atoms with Crippen molar-refractivity contribution >= 4 is 32.6 Å². The number of amides is 1. The summed E-state index contributed by atoms with van der Waals surface area (Å²) < 4.78 is 11.9. The third-order valence-electron chi connectivity index (χ3n) is 5.05. The van der Waals surface area contributed by atoms with Crippen LogP contribution in [0.25, 0.3) is 10.2 Å². The highest BCUT2D eigenvalue weighted by Crippen LogP contribution is 2.40. The van der Waals surface area contributed by atoms with Crippen molar-refractivity contribution in [1.29, 1.82) is 0 Å². The summed E-state index contributed by atoms with van der Waals surface area (Å²) in [5, 5.41) is 0.657. The van der Waals surface area contributed by atoms with Crippen molar-refractivity contribution in [3.8, 4) is 11.5 Å². The molecule has 0 aliphatic carbocycles. The standard InChI is InChI=1S/C23H29N3O3S/c1-15-7-8-16(2)17(13-15)14-20(27)26(12-11-25(3)4)23-24-21-18(28-5)9-10-19(29-6)22(21)30-23/h7-10,13H,11-12,14H2,1-6H3. The number of thiazole rings is 1. The van der Waals surface area contributed by atoms with Crippen molar-refractivity contribution in [3.63, 3.8) is 0 Å². The maximum Gasteiger partial charge on any atom is 0.233 e. The third-order valence-corrected chi connectivity index (χ3v) is 6.14. The number of hydrogen-bond acceptors (Lipinski definition) is 6. The second kappa shape index (κ2) is 9.45. The fourth-order valence-corrected chi connectivity index (χ4v) is 4.38. The van der Waals surface area contributed by atoms with Crippen LogP contribution in [0.3, 0.4) is 0 Å². The molecule has 0 aliphatic rings. The molecule has 0 fully saturated rings. The van der Waals surface area contributed by atoms with E-state index in [0.717, 1.165) is 33.7 Å². The molecule has 0 atom stereocenters. The lowest BCUT2D eigenvalue weighted by atomic mass is 10.0. The van der Waals surface area contributed by atoms with E-state index in [0.29, 0.717) is 29.4 Å². The van der Waals surface area contributed by atoms with Gasteiger partial charge in [-0.05, 0) is 51.2 Å². The summed E-state index contributed by atoms with van der Waals surface area (Å²) in [5.41, 5.74) is 4.03. The van der Waals surface area contributed by atoms with E-state index in [2.05, 4.69) is 23.1 Å². The number of aryl methyl sites for hydroxylation is 2. The van der Waals surface area contributed by atoms with Crippen molar-refractivity contribution in [2.24, 2.45) is 0 Å². The lowest BCUT2D eigenvalue weighted by Gasteiger charge is -2.22. The van der Waals surface area contributed by atoms with Crippen molar-refractivity contribution < 1.29 is 14.3 Å². The monoisotopic (exact) mass is 427 g/mol. The van der Waals surface area contributed by atoms with Gasteiger partial charge in [0, 0.05) is 13.1 Å². The van der Waals surface area contributed by atoms with E-state index >= 15 is 0 Å². The number of anilines is 1. The van der Waals surface area contributed by atoms with Gasteiger partial charge in [0.2, 0.25) is 5.91 Å². The molecular formula is C23H29N3O3S. The minimum atomic E-state index is 0.0301. The maximum atomic E-state index is 13.4. The Bertz CT molecular complexity index is 1000. The van der Waals surface area contributed by atoms with Gasteiger partial charge < -0.3 is 14.4 Å². The topological polar surface area (TPSA) is 54.9 Å². The zero-order chi connectivity index (χ0) is 21.8. The molecule has 2 aromatic carbocycles. The Morgan fingerprint density at radius 3 is 2.40 bits per heavy atom. The van der Waals surface area contributed by atoms with E-state index in [4.69, 9.17) is 14.5 Å². The SMILES string of the molecule is COc1ccc(OC)c2sc(N(CCN(C)C)C(=O)Cc3cc(C)ccc3C)nc12. The van der Waals surface area contributed by atoms with Gasteiger partial charge in [-0.1, -0.05) is 35.1 Å². The zero-order valence-corrected chi connectivity index (χ0v) is 19.3. The van der Waals surface area contributed by atoms with Crippen LogP contribution in [0.15, 0.2) is 30.3 Å². The van der Waals surface area contributed by atoms with Crippen LogP contribution < -0.4 is 14.4 Å². The summed E-state index contributed by atoms with van der Waals surface area (Å²) in [6.45, 7) is 5.38. The number of benzene rings is 2. The van der Waals surface area contributed by atoms with Gasteiger partial charge >= 0.3 is 0 Å². The first-order valence-electron chi connectivity index (χ1n) is 9.86. The zero-order valence-electron chi connectivity index (χ0n) is 18.5. The van der Waals surface area contributed by atoms with Crippen molar-refractivity contribution in [2.75, 3.05) is 46.3 Å². The van der Waals surface area contributed by atoms with Crippen LogP contribution in [0, 0.1) is 13.8 Å². The van der Waals surface area contributed by atoms with E-state index < -0.39 is 0 Å². The second-order valence-electron chi connectivity index (χ2n) is 7.60. The molecule has 160 valence electrons. The Balaban J connectivity index is 2.00. The molecule has 0 bridgehead atoms. The van der Waals surface area contributed by atoms with Crippen LogP contribution in [0.5, 0.6) is 11.5 Å². The van der Waals surface area contributed by atoms with Crippen molar-refractivity contribution in [2.45, 2.75) is 20.3 Å². The molecule has 3 rings (SSSR count). The Morgan fingerprint density at radius 1 is 1.03 bits per heavy atom. The van der Waals surface area contributed by atoms with Gasteiger partial charge in [-0.2, -0.15) is 0 Å². The van der Waals surface area contributed by atoms with Crippen molar-refractivity contribution in [3.05, 3.63) is 47.0 Å². The Kier molecular flexibility index (Phi) is 6.95. The number of rotatable bonds is 8. The molecule has 7 heteroatoms. The van der Waals surface area contributed by atoms with Crippen LogP contribution in [-0.2, 0) is 11.2 Å². The van der Waals surface area contributed by atoms with Crippen LogP contribution >= 0.6 is 11.3 Å². The molecule has 3 aromatic rings. The lowest BCUT2D eigenvalue weighted by molar-refractivity contribution is -0.118. The smallest absolute Gasteiger partial charge is 0.233 e. The molecule has 0 radical (unpaired) electrons. The van der Waals surface area contributed by atoms with Gasteiger partial charge in [-0.25, -0.2) is 4.98 Å². The lowest BCUT2D eigenvalue weighted by Crippen LogP contribution is -2.37. The first-order chi connectivity index (χ1) is 14.3. The number of likely N-dealkylation sites (N-methyl/N-ethyl adjacent to an activating group) is 1. The first-order valence-corrected chi connectivity index (χ1v) is 10.7. The molecule has 0 aliphatic heterocycles. The van der Waals surface area contributed by atoms with Gasteiger partial charge in [-0.15, -0.1) is 0 Å². The highest BCUT2D eigenvalue weighted by atomic mass is 32.1. The number of hydrogen-bond donors (Lipinski definition) is 0. The average Bonchev–Trinajstić information content (AvgIpc) is 3.15. The second-order valence-corrected chi connectivity index (χ2v) is 8.58. The number of carbonyl (C=O) groups excluding carboxylic acids is 1. The van der Waals surface area contributed by atoms with Gasteiger partial charge in [0.05, 0.1) is 20.6 Å². The maximum absolute atomic E-state index is 13.4. The fraction of sp³-hybridized carbons (Fsp3) is 0.391.